The zero-order valence-corrected chi connectivity index (χ0v) is 22.9. The molecule has 0 aliphatic rings. The van der Waals surface area contributed by atoms with Crippen LogP contribution in [-0.2, 0) is 0 Å². The van der Waals surface area contributed by atoms with Gasteiger partial charge in [-0.1, -0.05) is 103 Å². The number of benzene rings is 7. The van der Waals surface area contributed by atoms with E-state index in [-0.39, 0.29) is 0 Å². The molecule has 2 heteroatoms. The molecule has 42 heavy (non-hydrogen) atoms. The first-order valence-electron chi connectivity index (χ1n) is 14.5. The molecule has 0 atom stereocenters. The molecular formula is C40H26N2. The van der Waals surface area contributed by atoms with Crippen molar-refractivity contribution in [2.75, 3.05) is 0 Å². The summed E-state index contributed by atoms with van der Waals surface area (Å²) < 4.78 is 4.77. The van der Waals surface area contributed by atoms with Gasteiger partial charge in [0.15, 0.2) is 0 Å². The molecule has 0 fully saturated rings. The first-order valence-corrected chi connectivity index (χ1v) is 14.5. The number of nitrogens with zero attached hydrogens (tertiary/aromatic N) is 2. The quantitative estimate of drug-likeness (QED) is 0.213. The van der Waals surface area contributed by atoms with Crippen molar-refractivity contribution in [2.24, 2.45) is 0 Å². The molecule has 2 heterocycles. The Kier molecular flexibility index (Phi) is 4.93. The number of rotatable bonds is 3. The summed E-state index contributed by atoms with van der Waals surface area (Å²) in [6.45, 7) is 0. The lowest BCUT2D eigenvalue weighted by molar-refractivity contribution is 1.18. The van der Waals surface area contributed by atoms with Crippen LogP contribution < -0.4 is 0 Å². The molecule has 0 aliphatic heterocycles. The van der Waals surface area contributed by atoms with Gasteiger partial charge in [-0.2, -0.15) is 0 Å². The monoisotopic (exact) mass is 534 g/mol. The van der Waals surface area contributed by atoms with Crippen LogP contribution in [0.15, 0.2) is 158 Å². The van der Waals surface area contributed by atoms with Gasteiger partial charge in [0, 0.05) is 32.9 Å². The third kappa shape index (κ3) is 3.33. The van der Waals surface area contributed by atoms with Crippen molar-refractivity contribution in [3.63, 3.8) is 0 Å². The first kappa shape index (κ1) is 23.1. The summed E-state index contributed by atoms with van der Waals surface area (Å²) in [5, 5.41) is 7.66. The lowest BCUT2D eigenvalue weighted by Gasteiger charge is -2.10. The van der Waals surface area contributed by atoms with Gasteiger partial charge in [0.2, 0.25) is 0 Å². The molecule has 2 aromatic heterocycles. The zero-order chi connectivity index (χ0) is 27.6. The zero-order valence-electron chi connectivity index (χ0n) is 22.9. The van der Waals surface area contributed by atoms with E-state index in [0.29, 0.717) is 0 Å². The number of para-hydroxylation sites is 4. The van der Waals surface area contributed by atoms with Crippen LogP contribution in [0.4, 0.5) is 0 Å². The molecule has 2 nitrogen and oxygen atoms in total. The molecule has 0 radical (unpaired) electrons. The summed E-state index contributed by atoms with van der Waals surface area (Å²) in [5.74, 6) is 0. The van der Waals surface area contributed by atoms with Gasteiger partial charge in [-0.3, -0.25) is 0 Å². The molecule has 0 N–H and O–H groups in total. The Morgan fingerprint density at radius 2 is 0.833 bits per heavy atom. The predicted molar refractivity (Wildman–Crippen MR) is 178 cm³/mol. The minimum absolute atomic E-state index is 1.18. The van der Waals surface area contributed by atoms with E-state index in [1.807, 2.05) is 0 Å². The number of aromatic nitrogens is 2. The van der Waals surface area contributed by atoms with E-state index in [9.17, 15) is 0 Å². The van der Waals surface area contributed by atoms with Crippen molar-refractivity contribution < 1.29 is 0 Å². The topological polar surface area (TPSA) is 9.86 Å². The summed E-state index contributed by atoms with van der Waals surface area (Å²) >= 11 is 0. The minimum Gasteiger partial charge on any atom is -0.309 e. The average molecular weight is 535 g/mol. The van der Waals surface area contributed by atoms with Crippen molar-refractivity contribution in [3.05, 3.63) is 158 Å². The maximum Gasteiger partial charge on any atom is 0.0547 e. The molecule has 7 aromatic carbocycles. The number of hydrogen-bond acceptors (Lipinski definition) is 0. The Hall–Kier alpha value is -5.60. The Labute approximate surface area is 243 Å². The van der Waals surface area contributed by atoms with Crippen molar-refractivity contribution >= 4 is 54.4 Å². The molecule has 0 bridgehead atoms. The van der Waals surface area contributed by atoms with E-state index in [0.717, 1.165) is 0 Å². The fourth-order valence-corrected chi connectivity index (χ4v) is 6.84. The largest absolute Gasteiger partial charge is 0.309 e. The Morgan fingerprint density at radius 3 is 1.55 bits per heavy atom. The third-order valence-corrected chi connectivity index (χ3v) is 8.69. The molecule has 9 aromatic rings. The maximum atomic E-state index is 2.39. The molecule has 0 spiro atoms. The second-order valence-electron chi connectivity index (χ2n) is 11.0. The third-order valence-electron chi connectivity index (χ3n) is 8.69. The van der Waals surface area contributed by atoms with Crippen molar-refractivity contribution in [1.82, 2.24) is 9.13 Å². The van der Waals surface area contributed by atoms with Gasteiger partial charge in [0.1, 0.15) is 0 Å². The van der Waals surface area contributed by atoms with E-state index >= 15 is 0 Å². The van der Waals surface area contributed by atoms with Crippen LogP contribution in [0.1, 0.15) is 0 Å². The average Bonchev–Trinajstić information content (AvgIpc) is 3.58. The minimum atomic E-state index is 1.18. The van der Waals surface area contributed by atoms with Crippen molar-refractivity contribution in [1.29, 1.82) is 0 Å². The fraction of sp³-hybridized carbons (Fsp3) is 0. The van der Waals surface area contributed by atoms with E-state index < -0.39 is 0 Å². The lowest BCUT2D eigenvalue weighted by Crippen LogP contribution is -1.93. The molecule has 0 saturated carbocycles. The van der Waals surface area contributed by atoms with Crippen LogP contribution in [0.2, 0.25) is 0 Å². The Morgan fingerprint density at radius 1 is 0.310 bits per heavy atom. The molecule has 0 unspecified atom stereocenters. The number of fused-ring (bicyclic) bond motifs is 8. The second kappa shape index (κ2) is 8.95. The highest BCUT2D eigenvalue weighted by Gasteiger charge is 2.16. The molecule has 0 aliphatic carbocycles. The standard InChI is InChI=1S/C40H26N2/c1-3-11-30(12-4-1)41-37-18-10-8-16-35(37)40-32-22-19-27(25-29(32)21-24-38(40)41)28-20-23-34-33-15-7-9-17-36(33)42(39(34)26-28)31-13-5-2-6-14-31/h1-26H. The summed E-state index contributed by atoms with van der Waals surface area (Å²) in [7, 11) is 0. The van der Waals surface area contributed by atoms with Gasteiger partial charge in [-0.25, -0.2) is 0 Å². The normalized spacial score (nSPS) is 11.8. The van der Waals surface area contributed by atoms with E-state index in [4.69, 9.17) is 0 Å². The van der Waals surface area contributed by atoms with E-state index in [2.05, 4.69) is 167 Å². The highest BCUT2D eigenvalue weighted by atomic mass is 15.0. The summed E-state index contributed by atoms with van der Waals surface area (Å²) in [5.41, 5.74) is 9.72. The molecule has 9 rings (SSSR count). The molecular weight excluding hydrogens is 508 g/mol. The maximum absolute atomic E-state index is 2.39. The van der Waals surface area contributed by atoms with Gasteiger partial charge >= 0.3 is 0 Å². The SMILES string of the molecule is c1ccc(-n2c3ccccc3c3ccc(-c4ccc5c(ccc6c5c5ccccc5n6-c5ccccc5)c4)cc32)cc1. The second-order valence-corrected chi connectivity index (χ2v) is 11.0. The van der Waals surface area contributed by atoms with Crippen LogP contribution in [-0.4, -0.2) is 9.13 Å². The van der Waals surface area contributed by atoms with Crippen LogP contribution in [0, 0.1) is 0 Å². The molecule has 0 saturated heterocycles. The highest BCUT2D eigenvalue weighted by molar-refractivity contribution is 6.21. The molecule has 0 amide bonds. The first-order chi connectivity index (χ1) is 20.8. The summed E-state index contributed by atoms with van der Waals surface area (Å²) in [6, 6.07) is 57.2. The van der Waals surface area contributed by atoms with Crippen LogP contribution >= 0.6 is 0 Å². The Bertz CT molecular complexity index is 2440. The predicted octanol–water partition coefficient (Wildman–Crippen LogP) is 10.7. The van der Waals surface area contributed by atoms with Crippen LogP contribution in [0.5, 0.6) is 0 Å². The fourth-order valence-electron chi connectivity index (χ4n) is 6.84. The van der Waals surface area contributed by atoms with E-state index in [1.54, 1.807) is 0 Å². The van der Waals surface area contributed by atoms with Gasteiger partial charge in [0.05, 0.1) is 22.1 Å². The summed E-state index contributed by atoms with van der Waals surface area (Å²) in [4.78, 5) is 0. The van der Waals surface area contributed by atoms with Crippen LogP contribution in [0.25, 0.3) is 76.9 Å². The van der Waals surface area contributed by atoms with Crippen molar-refractivity contribution in [2.45, 2.75) is 0 Å². The number of hydrogen-bond donors (Lipinski definition) is 0. The summed E-state index contributed by atoms with van der Waals surface area (Å²) in [6.07, 6.45) is 0. The van der Waals surface area contributed by atoms with E-state index in [1.165, 1.54) is 76.9 Å². The van der Waals surface area contributed by atoms with Gasteiger partial charge in [-0.05, 0) is 76.5 Å². The van der Waals surface area contributed by atoms with Gasteiger partial charge in [-0.15, -0.1) is 0 Å². The van der Waals surface area contributed by atoms with Gasteiger partial charge < -0.3 is 9.13 Å². The Balaban J connectivity index is 1.27. The smallest absolute Gasteiger partial charge is 0.0547 e. The molecule has 196 valence electrons. The lowest BCUT2D eigenvalue weighted by atomic mass is 9.97. The van der Waals surface area contributed by atoms with Gasteiger partial charge in [0.25, 0.3) is 0 Å². The highest BCUT2D eigenvalue weighted by Crippen LogP contribution is 2.39. The van der Waals surface area contributed by atoms with Crippen LogP contribution in [0.3, 0.4) is 0 Å². The van der Waals surface area contributed by atoms with Crippen molar-refractivity contribution in [3.8, 4) is 22.5 Å².